The number of pyridine rings is 1. The lowest BCUT2D eigenvalue weighted by Crippen LogP contribution is -2.33. The van der Waals surface area contributed by atoms with Gasteiger partial charge in [-0.1, -0.05) is 63.6 Å². The van der Waals surface area contributed by atoms with Gasteiger partial charge in [-0.3, -0.25) is 4.79 Å². The summed E-state index contributed by atoms with van der Waals surface area (Å²) in [6.45, 7) is 8.86. The van der Waals surface area contributed by atoms with Gasteiger partial charge in [0.15, 0.2) is 5.15 Å². The summed E-state index contributed by atoms with van der Waals surface area (Å²) in [6, 6.07) is 12.2. The topological polar surface area (TPSA) is 54.0 Å². The molecule has 0 fully saturated rings. The van der Waals surface area contributed by atoms with Crippen LogP contribution in [0.15, 0.2) is 42.6 Å². The Balaban J connectivity index is 1.99. The number of carbonyl (C=O) groups excluding carboxylic acids is 1. The molecule has 0 aliphatic rings. The van der Waals surface area contributed by atoms with E-state index in [-0.39, 0.29) is 18.5 Å². The number of amides is 1. The summed E-state index contributed by atoms with van der Waals surface area (Å²) in [7, 11) is 0. The number of carbonyl (C=O) groups is 1. The van der Waals surface area contributed by atoms with E-state index in [4.69, 9.17) is 11.6 Å². The number of nitrogens with zero attached hydrogens (tertiary/aromatic N) is 1. The molecule has 1 heterocycles. The zero-order valence-electron chi connectivity index (χ0n) is 15.2. The Morgan fingerprint density at radius 3 is 2.28 bits per heavy atom. The third-order valence-corrected chi connectivity index (χ3v) is 4.45. The Bertz CT molecular complexity index is 698. The van der Waals surface area contributed by atoms with Gasteiger partial charge in [0.05, 0.1) is 12.2 Å². The minimum Gasteiger partial charge on any atom is -0.322 e. The highest BCUT2D eigenvalue weighted by Crippen LogP contribution is 2.24. The van der Waals surface area contributed by atoms with E-state index < -0.39 is 0 Å². The van der Waals surface area contributed by atoms with E-state index in [0.717, 1.165) is 0 Å². The third kappa shape index (κ3) is 5.55. The van der Waals surface area contributed by atoms with Crippen molar-refractivity contribution in [3.05, 3.63) is 58.9 Å². The molecule has 1 aromatic heterocycles. The van der Waals surface area contributed by atoms with Gasteiger partial charge in [0.25, 0.3) is 0 Å². The lowest BCUT2D eigenvalue weighted by molar-refractivity contribution is -0.115. The minimum absolute atomic E-state index is 0.108. The highest BCUT2D eigenvalue weighted by atomic mass is 35.5. The molecular weight excluding hydrogens is 334 g/mol. The van der Waals surface area contributed by atoms with Crippen molar-refractivity contribution in [1.82, 2.24) is 10.3 Å². The normalized spacial score (nSPS) is 12.4. The smallest absolute Gasteiger partial charge is 0.238 e. The zero-order valence-corrected chi connectivity index (χ0v) is 16.0. The van der Waals surface area contributed by atoms with E-state index in [1.807, 2.05) is 0 Å². The average Bonchev–Trinajstić information content (AvgIpc) is 2.57. The Hall–Kier alpha value is -1.91. The zero-order chi connectivity index (χ0) is 18.4. The van der Waals surface area contributed by atoms with Gasteiger partial charge in [-0.05, 0) is 35.1 Å². The first-order chi connectivity index (χ1) is 11.9. The second-order valence-corrected chi connectivity index (χ2v) is 7.17. The van der Waals surface area contributed by atoms with Crippen LogP contribution in [-0.4, -0.2) is 17.4 Å². The Labute approximate surface area is 155 Å². The summed E-state index contributed by atoms with van der Waals surface area (Å²) in [4.78, 5) is 16.2. The molecule has 0 unspecified atom stereocenters. The second-order valence-electron chi connectivity index (χ2n) is 6.81. The first-order valence-corrected chi connectivity index (χ1v) is 9.00. The maximum absolute atomic E-state index is 12.2. The SMILES string of the molecule is CC(C)c1ccc([C@@H](NCC(=O)Nc2cccnc2Cl)C(C)C)cc1. The predicted molar refractivity (Wildman–Crippen MR) is 104 cm³/mol. The summed E-state index contributed by atoms with van der Waals surface area (Å²) in [5.41, 5.74) is 3.03. The van der Waals surface area contributed by atoms with Crippen LogP contribution in [0.4, 0.5) is 5.69 Å². The minimum atomic E-state index is -0.139. The standard InChI is InChI=1S/C20H26ClN3O/c1-13(2)15-7-9-16(10-8-15)19(14(3)4)23-12-18(25)24-17-6-5-11-22-20(17)21/h5-11,13-14,19,23H,12H2,1-4H3,(H,24,25)/t19-/m0/s1. The van der Waals surface area contributed by atoms with Gasteiger partial charge in [0.2, 0.25) is 5.91 Å². The number of benzene rings is 1. The van der Waals surface area contributed by atoms with E-state index >= 15 is 0 Å². The van der Waals surface area contributed by atoms with Crippen LogP contribution in [0.25, 0.3) is 0 Å². The molecule has 1 amide bonds. The summed E-state index contributed by atoms with van der Waals surface area (Å²) < 4.78 is 0. The molecule has 1 atom stereocenters. The quantitative estimate of drug-likeness (QED) is 0.699. The number of nitrogens with one attached hydrogen (secondary N) is 2. The molecule has 0 saturated carbocycles. The molecule has 1 aromatic carbocycles. The van der Waals surface area contributed by atoms with Crippen LogP contribution in [0.3, 0.4) is 0 Å². The van der Waals surface area contributed by atoms with Crippen molar-refractivity contribution in [2.75, 3.05) is 11.9 Å². The summed E-state index contributed by atoms with van der Waals surface area (Å²) >= 11 is 5.97. The summed E-state index contributed by atoms with van der Waals surface area (Å²) in [5, 5.41) is 6.42. The molecule has 0 saturated heterocycles. The van der Waals surface area contributed by atoms with E-state index in [1.165, 1.54) is 11.1 Å². The van der Waals surface area contributed by atoms with Crippen molar-refractivity contribution in [1.29, 1.82) is 0 Å². The Morgan fingerprint density at radius 1 is 1.08 bits per heavy atom. The number of rotatable bonds is 7. The molecule has 0 bridgehead atoms. The van der Waals surface area contributed by atoms with Gasteiger partial charge in [-0.25, -0.2) is 4.98 Å². The van der Waals surface area contributed by atoms with Crippen LogP contribution in [-0.2, 0) is 4.79 Å². The summed E-state index contributed by atoms with van der Waals surface area (Å²) in [5.74, 6) is 0.730. The first kappa shape index (κ1) is 19.4. The van der Waals surface area contributed by atoms with Gasteiger partial charge in [0, 0.05) is 12.2 Å². The largest absolute Gasteiger partial charge is 0.322 e. The average molecular weight is 360 g/mol. The van der Waals surface area contributed by atoms with Gasteiger partial charge in [-0.15, -0.1) is 0 Å². The molecule has 0 spiro atoms. The Kier molecular flexibility index (Phi) is 6.97. The number of halogens is 1. The first-order valence-electron chi connectivity index (χ1n) is 8.62. The van der Waals surface area contributed by atoms with E-state index in [9.17, 15) is 4.79 Å². The molecule has 0 aliphatic carbocycles. The molecule has 0 radical (unpaired) electrons. The summed E-state index contributed by atoms with van der Waals surface area (Å²) in [6.07, 6.45) is 1.59. The lowest BCUT2D eigenvalue weighted by Gasteiger charge is -2.23. The lowest BCUT2D eigenvalue weighted by atomic mass is 9.93. The van der Waals surface area contributed by atoms with Crippen molar-refractivity contribution in [2.24, 2.45) is 5.92 Å². The molecule has 134 valence electrons. The van der Waals surface area contributed by atoms with E-state index in [0.29, 0.717) is 22.7 Å². The highest BCUT2D eigenvalue weighted by Gasteiger charge is 2.17. The predicted octanol–water partition coefficient (Wildman–Crippen LogP) is 4.78. The van der Waals surface area contributed by atoms with Crippen LogP contribution in [0.5, 0.6) is 0 Å². The number of hydrogen-bond acceptors (Lipinski definition) is 3. The van der Waals surface area contributed by atoms with E-state index in [1.54, 1.807) is 18.3 Å². The second kappa shape index (κ2) is 8.97. The van der Waals surface area contributed by atoms with Crippen LogP contribution in [0.2, 0.25) is 5.15 Å². The van der Waals surface area contributed by atoms with Gasteiger partial charge >= 0.3 is 0 Å². The number of hydrogen-bond donors (Lipinski definition) is 2. The monoisotopic (exact) mass is 359 g/mol. The Morgan fingerprint density at radius 2 is 1.72 bits per heavy atom. The van der Waals surface area contributed by atoms with Crippen molar-refractivity contribution >= 4 is 23.2 Å². The molecule has 2 rings (SSSR count). The number of aromatic nitrogens is 1. The van der Waals surface area contributed by atoms with Crippen molar-refractivity contribution in [3.63, 3.8) is 0 Å². The van der Waals surface area contributed by atoms with E-state index in [2.05, 4.69) is 67.6 Å². The van der Waals surface area contributed by atoms with Gasteiger partial charge < -0.3 is 10.6 Å². The molecule has 0 aliphatic heterocycles. The van der Waals surface area contributed by atoms with Gasteiger partial charge in [-0.2, -0.15) is 0 Å². The number of anilines is 1. The van der Waals surface area contributed by atoms with Crippen LogP contribution in [0.1, 0.15) is 50.8 Å². The van der Waals surface area contributed by atoms with Crippen LogP contribution >= 0.6 is 11.6 Å². The maximum Gasteiger partial charge on any atom is 0.238 e. The molecule has 25 heavy (non-hydrogen) atoms. The molecule has 5 heteroatoms. The fourth-order valence-electron chi connectivity index (χ4n) is 2.70. The molecule has 4 nitrogen and oxygen atoms in total. The fraction of sp³-hybridized carbons (Fsp3) is 0.400. The highest BCUT2D eigenvalue weighted by molar-refractivity contribution is 6.32. The van der Waals surface area contributed by atoms with Crippen molar-refractivity contribution < 1.29 is 4.79 Å². The molecule has 2 aromatic rings. The van der Waals surface area contributed by atoms with Gasteiger partial charge in [0.1, 0.15) is 0 Å². The van der Waals surface area contributed by atoms with Crippen LogP contribution in [0, 0.1) is 5.92 Å². The van der Waals surface area contributed by atoms with Crippen molar-refractivity contribution in [3.8, 4) is 0 Å². The molecular formula is C20H26ClN3O. The maximum atomic E-state index is 12.2. The fourth-order valence-corrected chi connectivity index (χ4v) is 2.87. The van der Waals surface area contributed by atoms with Crippen molar-refractivity contribution in [2.45, 2.75) is 39.7 Å². The molecule has 2 N–H and O–H groups in total. The third-order valence-electron chi connectivity index (χ3n) is 4.14. The van der Waals surface area contributed by atoms with Crippen LogP contribution < -0.4 is 10.6 Å².